The summed E-state index contributed by atoms with van der Waals surface area (Å²) in [6.07, 6.45) is 56.5. The third-order valence-corrected chi connectivity index (χ3v) is 10.3. The summed E-state index contributed by atoms with van der Waals surface area (Å²) in [5.74, 6) is -0.945. The third kappa shape index (κ3) is 44.2. The van der Waals surface area contributed by atoms with Crippen molar-refractivity contribution in [2.45, 2.75) is 239 Å². The number of rotatable bonds is 43. The van der Waals surface area contributed by atoms with Crippen molar-refractivity contribution in [1.29, 1.82) is 0 Å². The summed E-state index contributed by atoms with van der Waals surface area (Å²) in [5, 5.41) is 0. The summed E-state index contributed by atoms with van der Waals surface area (Å²) in [5.41, 5.74) is 0. The fraction of sp³-hybridized carbons (Fsp3) is 0.750. The lowest BCUT2D eigenvalue weighted by molar-refractivity contribution is -0.167. The molecule has 0 aliphatic rings. The van der Waals surface area contributed by atoms with Crippen molar-refractivity contribution in [3.8, 4) is 0 Å². The molecule has 0 spiro atoms. The van der Waals surface area contributed by atoms with Gasteiger partial charge >= 0.3 is 17.9 Å². The molecule has 6 heteroatoms. The van der Waals surface area contributed by atoms with Crippen LogP contribution >= 0.6 is 0 Å². The van der Waals surface area contributed by atoms with Crippen LogP contribution in [0.5, 0.6) is 0 Å². The number of hydrogen-bond donors (Lipinski definition) is 0. The highest BCUT2D eigenvalue weighted by atomic mass is 16.6. The van der Waals surface area contributed by atoms with E-state index < -0.39 is 6.10 Å². The molecule has 1 atom stereocenters. The van der Waals surface area contributed by atoms with Crippen LogP contribution in [0.4, 0.5) is 0 Å². The molecular weight excluding hydrogens is 721 g/mol. The van der Waals surface area contributed by atoms with E-state index in [9.17, 15) is 14.4 Å². The number of ether oxygens (including phenoxy) is 3. The van der Waals surface area contributed by atoms with E-state index in [0.717, 1.165) is 77.0 Å². The van der Waals surface area contributed by atoms with Crippen LogP contribution in [-0.2, 0) is 28.6 Å². The molecule has 0 heterocycles. The molecule has 0 aromatic rings. The number of allylic oxidation sites excluding steroid dienone is 10. The predicted octanol–water partition coefficient (Wildman–Crippen LogP) is 15.7. The van der Waals surface area contributed by atoms with Gasteiger partial charge in [0.25, 0.3) is 0 Å². The van der Waals surface area contributed by atoms with Crippen molar-refractivity contribution in [3.63, 3.8) is 0 Å². The number of carbonyl (C=O) groups excluding carboxylic acids is 3. The topological polar surface area (TPSA) is 78.9 Å². The van der Waals surface area contributed by atoms with Crippen LogP contribution in [-0.4, -0.2) is 37.2 Å². The Hall–Kier alpha value is -2.89. The summed E-state index contributed by atoms with van der Waals surface area (Å²) in [7, 11) is 0. The van der Waals surface area contributed by atoms with Crippen molar-refractivity contribution >= 4 is 17.9 Å². The Morgan fingerprint density at radius 3 is 1.10 bits per heavy atom. The molecule has 0 rings (SSSR count). The maximum absolute atomic E-state index is 12.7. The molecule has 58 heavy (non-hydrogen) atoms. The van der Waals surface area contributed by atoms with E-state index in [4.69, 9.17) is 14.2 Å². The predicted molar refractivity (Wildman–Crippen MR) is 247 cm³/mol. The van der Waals surface area contributed by atoms with Gasteiger partial charge in [-0.25, -0.2) is 0 Å². The highest BCUT2D eigenvalue weighted by molar-refractivity contribution is 5.71. The van der Waals surface area contributed by atoms with Crippen LogP contribution < -0.4 is 0 Å². The van der Waals surface area contributed by atoms with Crippen molar-refractivity contribution in [1.82, 2.24) is 0 Å². The molecule has 0 aromatic carbocycles. The summed E-state index contributed by atoms with van der Waals surface area (Å²) >= 11 is 0. The fourth-order valence-corrected chi connectivity index (χ4v) is 6.60. The van der Waals surface area contributed by atoms with Crippen LogP contribution in [0.25, 0.3) is 0 Å². The number of esters is 3. The van der Waals surface area contributed by atoms with E-state index in [0.29, 0.717) is 19.3 Å². The zero-order valence-electron chi connectivity index (χ0n) is 38.0. The lowest BCUT2D eigenvalue weighted by Gasteiger charge is -2.18. The second-order valence-corrected chi connectivity index (χ2v) is 16.0. The molecule has 0 N–H and O–H groups in total. The first-order valence-corrected chi connectivity index (χ1v) is 24.3. The average molecular weight is 811 g/mol. The van der Waals surface area contributed by atoms with Crippen LogP contribution in [0.2, 0.25) is 0 Å². The average Bonchev–Trinajstić information content (AvgIpc) is 3.22. The van der Waals surface area contributed by atoms with Gasteiger partial charge in [0.2, 0.25) is 0 Å². The molecule has 0 amide bonds. The van der Waals surface area contributed by atoms with Crippen LogP contribution in [0.1, 0.15) is 233 Å². The summed E-state index contributed by atoms with van der Waals surface area (Å²) < 4.78 is 16.7. The molecule has 0 bridgehead atoms. The molecule has 0 aromatic heterocycles. The molecule has 0 fully saturated rings. The van der Waals surface area contributed by atoms with Gasteiger partial charge in [-0.2, -0.15) is 0 Å². The molecule has 0 saturated carbocycles. The first kappa shape index (κ1) is 55.1. The molecule has 0 aliphatic carbocycles. The molecular formula is C52H90O6. The molecule has 0 saturated heterocycles. The highest BCUT2D eigenvalue weighted by Gasteiger charge is 2.19. The second-order valence-electron chi connectivity index (χ2n) is 16.0. The van der Waals surface area contributed by atoms with E-state index in [1.807, 2.05) is 0 Å². The summed E-state index contributed by atoms with van der Waals surface area (Å²) in [6.45, 7) is 6.44. The minimum atomic E-state index is -0.793. The quantitative estimate of drug-likeness (QED) is 0.0264. The Balaban J connectivity index is 4.33. The van der Waals surface area contributed by atoms with E-state index in [-0.39, 0.29) is 37.5 Å². The number of hydrogen-bond acceptors (Lipinski definition) is 6. The van der Waals surface area contributed by atoms with Crippen molar-refractivity contribution in [2.24, 2.45) is 0 Å². The van der Waals surface area contributed by atoms with Crippen molar-refractivity contribution < 1.29 is 28.6 Å². The largest absolute Gasteiger partial charge is 0.462 e. The maximum atomic E-state index is 12.7. The first-order chi connectivity index (χ1) is 28.5. The molecule has 0 radical (unpaired) electrons. The normalized spacial score (nSPS) is 12.5. The van der Waals surface area contributed by atoms with Crippen LogP contribution in [0.3, 0.4) is 0 Å². The standard InChI is InChI=1S/C52H90O6/c1-4-7-10-13-16-18-20-22-24-25-26-28-29-31-33-36-39-42-45-51(54)57-48-49(47-56-50(53)44-41-38-35-15-12-9-6-3)58-52(55)46-43-40-37-34-32-30-27-23-21-19-17-14-11-8-5-2/h8,11,17,19,23-25,27,32,34,49H,4-7,9-10,12-16,18,20-22,26,28-31,33,35-48H2,1-3H3/b11-8-,19-17-,25-24-,27-23-,34-32-. The van der Waals surface area contributed by atoms with E-state index in [2.05, 4.69) is 81.5 Å². The molecule has 0 aliphatic heterocycles. The Morgan fingerprint density at radius 2 is 0.672 bits per heavy atom. The SMILES string of the molecule is CC/C=C\C/C=C\C/C=C\C/C=C\CCCCC(=O)OC(COC(=O)CCCCCCCCC)COC(=O)CCCCCCCCC/C=C\CCCCCCCCC. The summed E-state index contributed by atoms with van der Waals surface area (Å²) in [4.78, 5) is 37.7. The Kier molecular flexibility index (Phi) is 44.5. The minimum absolute atomic E-state index is 0.0920. The second kappa shape index (κ2) is 46.8. The number of carbonyl (C=O) groups is 3. The van der Waals surface area contributed by atoms with Gasteiger partial charge in [-0.15, -0.1) is 0 Å². The Labute approximate surface area is 358 Å². The summed E-state index contributed by atoms with van der Waals surface area (Å²) in [6, 6.07) is 0. The van der Waals surface area contributed by atoms with E-state index in [1.165, 1.54) is 109 Å². The third-order valence-electron chi connectivity index (χ3n) is 10.3. The van der Waals surface area contributed by atoms with Crippen LogP contribution in [0, 0.1) is 0 Å². The smallest absolute Gasteiger partial charge is 0.306 e. The van der Waals surface area contributed by atoms with Gasteiger partial charge < -0.3 is 14.2 Å². The van der Waals surface area contributed by atoms with Crippen molar-refractivity contribution in [2.75, 3.05) is 13.2 Å². The maximum Gasteiger partial charge on any atom is 0.306 e. The first-order valence-electron chi connectivity index (χ1n) is 24.3. The van der Waals surface area contributed by atoms with Gasteiger partial charge in [0, 0.05) is 19.3 Å². The van der Waals surface area contributed by atoms with Crippen LogP contribution in [0.15, 0.2) is 60.8 Å². The minimum Gasteiger partial charge on any atom is -0.462 e. The van der Waals surface area contributed by atoms with E-state index >= 15 is 0 Å². The zero-order chi connectivity index (χ0) is 42.3. The lowest BCUT2D eigenvalue weighted by atomic mass is 10.1. The van der Waals surface area contributed by atoms with Gasteiger partial charge in [-0.05, 0) is 83.5 Å². The molecule has 1 unspecified atom stereocenters. The van der Waals surface area contributed by atoms with Gasteiger partial charge in [-0.1, -0.05) is 191 Å². The molecule has 6 nitrogen and oxygen atoms in total. The molecule has 334 valence electrons. The van der Waals surface area contributed by atoms with Gasteiger partial charge in [-0.3, -0.25) is 14.4 Å². The number of unbranched alkanes of at least 4 members (excludes halogenated alkanes) is 22. The zero-order valence-corrected chi connectivity index (χ0v) is 38.0. The Morgan fingerprint density at radius 1 is 0.362 bits per heavy atom. The lowest BCUT2D eigenvalue weighted by Crippen LogP contribution is -2.30. The monoisotopic (exact) mass is 811 g/mol. The Bertz CT molecular complexity index is 1070. The van der Waals surface area contributed by atoms with Gasteiger partial charge in [0.1, 0.15) is 13.2 Å². The van der Waals surface area contributed by atoms with Crippen molar-refractivity contribution in [3.05, 3.63) is 60.8 Å². The van der Waals surface area contributed by atoms with Gasteiger partial charge in [0.15, 0.2) is 6.10 Å². The van der Waals surface area contributed by atoms with E-state index in [1.54, 1.807) is 0 Å². The highest BCUT2D eigenvalue weighted by Crippen LogP contribution is 2.14. The van der Waals surface area contributed by atoms with Gasteiger partial charge in [0.05, 0.1) is 0 Å². The fourth-order valence-electron chi connectivity index (χ4n) is 6.60.